The molecule has 0 atom stereocenters. The van der Waals surface area contributed by atoms with Crippen LogP contribution in [0.15, 0.2) is 18.2 Å². The number of benzene rings is 1. The van der Waals surface area contributed by atoms with Gasteiger partial charge in [-0.05, 0) is 50.3 Å². The van der Waals surface area contributed by atoms with E-state index < -0.39 is 11.8 Å². The Morgan fingerprint density at radius 3 is 2.54 bits per heavy atom. The Morgan fingerprint density at radius 2 is 1.92 bits per heavy atom. The number of halogens is 1. The highest BCUT2D eigenvalue weighted by Gasteiger charge is 2.24. The summed E-state index contributed by atoms with van der Waals surface area (Å²) in [6, 6.07) is 4.49. The van der Waals surface area contributed by atoms with Gasteiger partial charge in [0.25, 0.3) is 0 Å². The smallest absolute Gasteiger partial charge is 0.338 e. The summed E-state index contributed by atoms with van der Waals surface area (Å²) in [7, 11) is 0. The second kappa shape index (κ2) is 10.1. The van der Waals surface area contributed by atoms with Gasteiger partial charge in [0.05, 0.1) is 24.5 Å². The predicted molar refractivity (Wildman–Crippen MR) is 97.8 cm³/mol. The maximum atomic E-state index is 14.5. The molecule has 1 aromatic carbocycles. The highest BCUT2D eigenvalue weighted by atomic mass is 19.1. The van der Waals surface area contributed by atoms with Crippen LogP contribution in [-0.4, -0.2) is 38.2 Å². The highest BCUT2D eigenvalue weighted by Crippen LogP contribution is 2.28. The van der Waals surface area contributed by atoms with E-state index in [2.05, 4.69) is 0 Å². The summed E-state index contributed by atoms with van der Waals surface area (Å²) < 4.78 is 24.6. The number of carbonyl (C=O) groups excluding carboxylic acids is 2. The zero-order valence-electron chi connectivity index (χ0n) is 15.6. The molecule has 1 saturated heterocycles. The predicted octanol–water partition coefficient (Wildman–Crippen LogP) is 3.95. The molecule has 1 fully saturated rings. The van der Waals surface area contributed by atoms with E-state index in [-0.39, 0.29) is 17.5 Å². The third kappa shape index (κ3) is 5.71. The Kier molecular flexibility index (Phi) is 7.88. The van der Waals surface area contributed by atoms with Gasteiger partial charge in [-0.1, -0.05) is 13.3 Å². The fraction of sp³-hybridized carbons (Fsp3) is 0.600. The molecule has 26 heavy (non-hydrogen) atoms. The lowest BCUT2D eigenvalue weighted by Gasteiger charge is -2.33. The van der Waals surface area contributed by atoms with E-state index in [1.165, 1.54) is 6.07 Å². The maximum Gasteiger partial charge on any atom is 0.338 e. The van der Waals surface area contributed by atoms with Crippen molar-refractivity contribution in [3.05, 3.63) is 29.6 Å². The number of rotatable bonds is 8. The summed E-state index contributed by atoms with van der Waals surface area (Å²) in [5, 5.41) is 0. The lowest BCUT2D eigenvalue weighted by molar-refractivity contribution is -0.144. The molecule has 0 bridgehead atoms. The van der Waals surface area contributed by atoms with Gasteiger partial charge in [0.1, 0.15) is 5.82 Å². The van der Waals surface area contributed by atoms with Crippen LogP contribution in [-0.2, 0) is 14.3 Å². The van der Waals surface area contributed by atoms with E-state index in [9.17, 15) is 14.0 Å². The maximum absolute atomic E-state index is 14.5. The van der Waals surface area contributed by atoms with E-state index >= 15 is 0 Å². The number of anilines is 1. The molecule has 0 N–H and O–H groups in total. The van der Waals surface area contributed by atoms with Crippen molar-refractivity contribution in [3.63, 3.8) is 0 Å². The van der Waals surface area contributed by atoms with Crippen LogP contribution in [0.4, 0.5) is 10.1 Å². The Balaban J connectivity index is 1.90. The molecule has 1 aromatic rings. The van der Waals surface area contributed by atoms with Crippen molar-refractivity contribution in [3.8, 4) is 0 Å². The number of carbonyl (C=O) groups is 2. The fourth-order valence-corrected chi connectivity index (χ4v) is 3.12. The molecule has 0 amide bonds. The molecule has 1 aliphatic rings. The molecule has 5 nitrogen and oxygen atoms in total. The standard InChI is InChI=1S/C20H28FNO4/c1-3-5-12-26-20(24)16-6-7-18(17(21)14-16)22-10-8-15(9-11-22)13-19(23)25-4-2/h6-7,14-15H,3-5,8-13H2,1-2H3. The first-order chi connectivity index (χ1) is 12.5. The third-order valence-corrected chi connectivity index (χ3v) is 4.63. The molecule has 0 saturated carbocycles. The third-order valence-electron chi connectivity index (χ3n) is 4.63. The Hall–Kier alpha value is -2.11. The van der Waals surface area contributed by atoms with Crippen molar-refractivity contribution in [2.45, 2.75) is 46.0 Å². The molecule has 0 aliphatic carbocycles. The van der Waals surface area contributed by atoms with Gasteiger partial charge < -0.3 is 14.4 Å². The molecule has 0 radical (unpaired) electrons. The van der Waals surface area contributed by atoms with Gasteiger partial charge in [-0.15, -0.1) is 0 Å². The molecule has 0 aromatic heterocycles. The summed E-state index contributed by atoms with van der Waals surface area (Å²) >= 11 is 0. The lowest BCUT2D eigenvalue weighted by atomic mass is 9.93. The van der Waals surface area contributed by atoms with Crippen molar-refractivity contribution in [1.29, 1.82) is 0 Å². The molecule has 0 spiro atoms. The second-order valence-corrected chi connectivity index (χ2v) is 6.60. The summed E-state index contributed by atoms with van der Waals surface area (Å²) in [4.78, 5) is 25.4. The van der Waals surface area contributed by atoms with Gasteiger partial charge in [-0.3, -0.25) is 4.79 Å². The Morgan fingerprint density at radius 1 is 1.19 bits per heavy atom. The molecule has 0 unspecified atom stereocenters. The average Bonchev–Trinajstić information content (AvgIpc) is 2.63. The number of hydrogen-bond acceptors (Lipinski definition) is 5. The van der Waals surface area contributed by atoms with Gasteiger partial charge in [-0.2, -0.15) is 0 Å². The number of esters is 2. The summed E-state index contributed by atoms with van der Waals surface area (Å²) in [5.74, 6) is -0.792. The monoisotopic (exact) mass is 365 g/mol. The lowest BCUT2D eigenvalue weighted by Crippen LogP contribution is -2.35. The van der Waals surface area contributed by atoms with Crippen LogP contribution >= 0.6 is 0 Å². The van der Waals surface area contributed by atoms with E-state index in [1.807, 2.05) is 11.8 Å². The van der Waals surface area contributed by atoms with Crippen molar-refractivity contribution in [2.75, 3.05) is 31.2 Å². The van der Waals surface area contributed by atoms with Crippen LogP contribution in [0.3, 0.4) is 0 Å². The van der Waals surface area contributed by atoms with Crippen molar-refractivity contribution >= 4 is 17.6 Å². The number of piperidine rings is 1. The molecule has 144 valence electrons. The minimum Gasteiger partial charge on any atom is -0.466 e. The summed E-state index contributed by atoms with van der Waals surface area (Å²) in [6.45, 7) is 5.93. The first-order valence-corrected chi connectivity index (χ1v) is 9.42. The first-order valence-electron chi connectivity index (χ1n) is 9.42. The number of unbranched alkanes of at least 4 members (excludes halogenated alkanes) is 1. The quantitative estimate of drug-likeness (QED) is 0.516. The highest BCUT2D eigenvalue weighted by molar-refractivity contribution is 5.89. The van der Waals surface area contributed by atoms with Gasteiger partial charge in [-0.25, -0.2) is 9.18 Å². The van der Waals surface area contributed by atoms with Gasteiger partial charge >= 0.3 is 11.9 Å². The van der Waals surface area contributed by atoms with Crippen LogP contribution in [0.25, 0.3) is 0 Å². The number of ether oxygens (including phenoxy) is 2. The van der Waals surface area contributed by atoms with Crippen molar-refractivity contribution in [1.82, 2.24) is 0 Å². The average molecular weight is 365 g/mol. The Bertz CT molecular complexity index is 612. The zero-order chi connectivity index (χ0) is 18.9. The van der Waals surface area contributed by atoms with Crippen LogP contribution < -0.4 is 4.90 Å². The van der Waals surface area contributed by atoms with Gasteiger partial charge in [0.2, 0.25) is 0 Å². The van der Waals surface area contributed by atoms with Gasteiger partial charge in [0, 0.05) is 19.5 Å². The van der Waals surface area contributed by atoms with Gasteiger partial charge in [0.15, 0.2) is 0 Å². The molecule has 6 heteroatoms. The van der Waals surface area contributed by atoms with E-state index in [1.54, 1.807) is 19.1 Å². The largest absolute Gasteiger partial charge is 0.466 e. The normalized spacial score (nSPS) is 15.0. The van der Waals surface area contributed by atoms with Crippen LogP contribution in [0.5, 0.6) is 0 Å². The van der Waals surface area contributed by atoms with Crippen LogP contribution in [0, 0.1) is 11.7 Å². The van der Waals surface area contributed by atoms with Crippen molar-refractivity contribution < 1.29 is 23.5 Å². The molecular weight excluding hydrogens is 337 g/mol. The molecule has 1 aliphatic heterocycles. The van der Waals surface area contributed by atoms with E-state index in [0.29, 0.717) is 38.4 Å². The van der Waals surface area contributed by atoms with Crippen LogP contribution in [0.2, 0.25) is 0 Å². The fourth-order valence-electron chi connectivity index (χ4n) is 3.12. The Labute approximate surface area is 154 Å². The first kappa shape index (κ1) is 20.2. The number of hydrogen-bond donors (Lipinski definition) is 0. The van der Waals surface area contributed by atoms with Crippen molar-refractivity contribution in [2.24, 2.45) is 5.92 Å². The SMILES string of the molecule is CCCCOC(=O)c1ccc(N2CCC(CC(=O)OCC)CC2)c(F)c1. The minimum atomic E-state index is -0.489. The van der Waals surface area contributed by atoms with E-state index in [0.717, 1.165) is 25.7 Å². The number of nitrogens with zero attached hydrogens (tertiary/aromatic N) is 1. The minimum absolute atomic E-state index is 0.164. The second-order valence-electron chi connectivity index (χ2n) is 6.60. The summed E-state index contributed by atoms with van der Waals surface area (Å²) in [5.41, 5.74) is 0.726. The zero-order valence-corrected chi connectivity index (χ0v) is 15.6. The van der Waals surface area contributed by atoms with E-state index in [4.69, 9.17) is 9.47 Å². The molecular formula is C20H28FNO4. The molecule has 2 rings (SSSR count). The van der Waals surface area contributed by atoms with Crippen LogP contribution in [0.1, 0.15) is 56.3 Å². The summed E-state index contributed by atoms with van der Waals surface area (Å²) in [6.07, 6.45) is 3.80. The topological polar surface area (TPSA) is 55.8 Å². The molecule has 1 heterocycles.